The van der Waals surface area contributed by atoms with Crippen LogP contribution in [0, 0.1) is 11.8 Å². The molecule has 0 amide bonds. The van der Waals surface area contributed by atoms with Gasteiger partial charge in [0, 0.05) is 6.61 Å². The Morgan fingerprint density at radius 3 is 2.71 bits per heavy atom. The molecule has 2 aliphatic rings. The highest BCUT2D eigenvalue weighted by atomic mass is 32.2. The summed E-state index contributed by atoms with van der Waals surface area (Å²) < 4.78 is 6.12. The lowest BCUT2D eigenvalue weighted by atomic mass is 9.75. The Kier molecular flexibility index (Phi) is 4.79. The van der Waals surface area contributed by atoms with Crippen molar-refractivity contribution in [2.24, 2.45) is 11.8 Å². The lowest BCUT2D eigenvalue weighted by Gasteiger charge is -2.45. The van der Waals surface area contributed by atoms with Gasteiger partial charge in [0.25, 0.3) is 0 Å². The molecule has 2 fully saturated rings. The SMILES string of the molecule is CC(O)CC(C)C1CCOC2(CCSCC2)C1. The average Bonchev–Trinajstić information content (AvgIpc) is 2.29. The first kappa shape index (κ1) is 13.7. The molecule has 2 saturated heterocycles. The summed E-state index contributed by atoms with van der Waals surface area (Å²) in [5.41, 5.74) is 0.196. The van der Waals surface area contributed by atoms with Gasteiger partial charge in [0.05, 0.1) is 11.7 Å². The molecule has 3 heteroatoms. The third kappa shape index (κ3) is 3.62. The highest BCUT2D eigenvalue weighted by Gasteiger charge is 2.40. The van der Waals surface area contributed by atoms with E-state index in [1.807, 2.05) is 6.92 Å². The van der Waals surface area contributed by atoms with Gasteiger partial charge in [0.2, 0.25) is 0 Å². The van der Waals surface area contributed by atoms with Crippen molar-refractivity contribution in [2.75, 3.05) is 18.1 Å². The molecule has 0 bridgehead atoms. The Hall–Kier alpha value is 0.270. The van der Waals surface area contributed by atoms with E-state index in [-0.39, 0.29) is 11.7 Å². The standard InChI is InChI=1S/C14H26O2S/c1-11(9-12(2)15)13-3-6-16-14(10-13)4-7-17-8-5-14/h11-13,15H,3-10H2,1-2H3. The smallest absolute Gasteiger partial charge is 0.0701 e. The summed E-state index contributed by atoms with van der Waals surface area (Å²) in [6.45, 7) is 5.14. The molecule has 3 atom stereocenters. The van der Waals surface area contributed by atoms with Crippen LogP contribution in [-0.2, 0) is 4.74 Å². The number of hydrogen-bond donors (Lipinski definition) is 1. The number of thioether (sulfide) groups is 1. The predicted molar refractivity (Wildman–Crippen MR) is 73.4 cm³/mol. The van der Waals surface area contributed by atoms with E-state index in [4.69, 9.17) is 4.74 Å². The van der Waals surface area contributed by atoms with Gasteiger partial charge in [0.15, 0.2) is 0 Å². The van der Waals surface area contributed by atoms with Crippen molar-refractivity contribution in [2.45, 2.75) is 57.7 Å². The molecule has 3 unspecified atom stereocenters. The second kappa shape index (κ2) is 5.94. The summed E-state index contributed by atoms with van der Waals surface area (Å²) in [6, 6.07) is 0. The summed E-state index contributed by atoms with van der Waals surface area (Å²) in [5.74, 6) is 3.90. The average molecular weight is 258 g/mol. The second-order valence-electron chi connectivity index (χ2n) is 5.96. The van der Waals surface area contributed by atoms with Gasteiger partial charge in [-0.25, -0.2) is 0 Å². The zero-order chi connectivity index (χ0) is 12.3. The van der Waals surface area contributed by atoms with E-state index in [0.29, 0.717) is 5.92 Å². The summed E-state index contributed by atoms with van der Waals surface area (Å²) >= 11 is 2.06. The van der Waals surface area contributed by atoms with Crippen molar-refractivity contribution in [1.82, 2.24) is 0 Å². The molecule has 100 valence electrons. The fourth-order valence-corrected chi connectivity index (χ4v) is 4.61. The molecule has 17 heavy (non-hydrogen) atoms. The largest absolute Gasteiger partial charge is 0.393 e. The maximum Gasteiger partial charge on any atom is 0.0701 e. The van der Waals surface area contributed by atoms with E-state index < -0.39 is 0 Å². The lowest BCUT2D eigenvalue weighted by Crippen LogP contribution is -2.44. The Morgan fingerprint density at radius 1 is 1.35 bits per heavy atom. The predicted octanol–water partition coefficient (Wildman–Crippen LogP) is 3.09. The van der Waals surface area contributed by atoms with Crippen LogP contribution >= 0.6 is 11.8 Å². The maximum atomic E-state index is 9.52. The summed E-state index contributed by atoms with van der Waals surface area (Å²) in [6.07, 6.45) is 5.65. The highest BCUT2D eigenvalue weighted by Crippen LogP contribution is 2.42. The first-order chi connectivity index (χ1) is 8.11. The third-order valence-electron chi connectivity index (χ3n) is 4.45. The topological polar surface area (TPSA) is 29.5 Å². The fourth-order valence-electron chi connectivity index (χ4n) is 3.37. The Morgan fingerprint density at radius 2 is 2.06 bits per heavy atom. The normalized spacial score (nSPS) is 32.3. The van der Waals surface area contributed by atoms with Gasteiger partial charge in [-0.2, -0.15) is 11.8 Å². The van der Waals surface area contributed by atoms with Gasteiger partial charge < -0.3 is 9.84 Å². The second-order valence-corrected chi connectivity index (χ2v) is 7.18. The van der Waals surface area contributed by atoms with Gasteiger partial charge in [-0.05, 0) is 62.4 Å². The molecule has 1 N–H and O–H groups in total. The molecule has 2 rings (SSSR count). The number of ether oxygens (including phenoxy) is 1. The van der Waals surface area contributed by atoms with E-state index in [1.165, 1.54) is 37.2 Å². The first-order valence-corrected chi connectivity index (χ1v) is 8.16. The molecule has 0 saturated carbocycles. The molecule has 0 radical (unpaired) electrons. The van der Waals surface area contributed by atoms with Gasteiger partial charge >= 0.3 is 0 Å². The lowest BCUT2D eigenvalue weighted by molar-refractivity contribution is -0.111. The number of aliphatic hydroxyl groups is 1. The molecule has 2 aliphatic heterocycles. The van der Waals surface area contributed by atoms with Crippen LogP contribution in [0.4, 0.5) is 0 Å². The molecular weight excluding hydrogens is 232 g/mol. The summed E-state index contributed by atoms with van der Waals surface area (Å²) in [7, 11) is 0. The monoisotopic (exact) mass is 258 g/mol. The van der Waals surface area contributed by atoms with Crippen molar-refractivity contribution in [3.63, 3.8) is 0 Å². The minimum absolute atomic E-state index is 0.161. The van der Waals surface area contributed by atoms with Crippen molar-refractivity contribution < 1.29 is 9.84 Å². The first-order valence-electron chi connectivity index (χ1n) is 7.01. The molecule has 0 aliphatic carbocycles. The Labute approximate surface area is 110 Å². The highest BCUT2D eigenvalue weighted by molar-refractivity contribution is 7.99. The Bertz CT molecular complexity index is 231. The number of rotatable bonds is 3. The summed E-state index contributed by atoms with van der Waals surface area (Å²) in [5, 5.41) is 9.52. The van der Waals surface area contributed by atoms with Crippen LogP contribution in [0.1, 0.15) is 46.0 Å². The fraction of sp³-hybridized carbons (Fsp3) is 1.00. The van der Waals surface area contributed by atoms with Gasteiger partial charge in [-0.3, -0.25) is 0 Å². The van der Waals surface area contributed by atoms with Gasteiger partial charge in [0.1, 0.15) is 0 Å². The third-order valence-corrected chi connectivity index (χ3v) is 5.44. The van der Waals surface area contributed by atoms with E-state index in [0.717, 1.165) is 18.9 Å². The zero-order valence-corrected chi connectivity index (χ0v) is 12.0. The van der Waals surface area contributed by atoms with E-state index >= 15 is 0 Å². The number of hydrogen-bond acceptors (Lipinski definition) is 3. The van der Waals surface area contributed by atoms with Crippen LogP contribution in [0.25, 0.3) is 0 Å². The molecule has 0 aromatic rings. The van der Waals surface area contributed by atoms with E-state index in [9.17, 15) is 5.11 Å². The van der Waals surface area contributed by atoms with Crippen molar-refractivity contribution >= 4 is 11.8 Å². The molecule has 1 spiro atoms. The van der Waals surface area contributed by atoms with Crippen molar-refractivity contribution in [1.29, 1.82) is 0 Å². The van der Waals surface area contributed by atoms with Crippen LogP contribution in [0.2, 0.25) is 0 Å². The van der Waals surface area contributed by atoms with Crippen LogP contribution in [0.15, 0.2) is 0 Å². The van der Waals surface area contributed by atoms with Crippen LogP contribution in [0.3, 0.4) is 0 Å². The summed E-state index contributed by atoms with van der Waals surface area (Å²) in [4.78, 5) is 0. The quantitative estimate of drug-likeness (QED) is 0.843. The molecule has 0 aromatic carbocycles. The zero-order valence-electron chi connectivity index (χ0n) is 11.2. The van der Waals surface area contributed by atoms with E-state index in [1.54, 1.807) is 0 Å². The maximum absolute atomic E-state index is 9.52. The van der Waals surface area contributed by atoms with Crippen LogP contribution < -0.4 is 0 Å². The van der Waals surface area contributed by atoms with Crippen LogP contribution in [-0.4, -0.2) is 34.9 Å². The van der Waals surface area contributed by atoms with E-state index in [2.05, 4.69) is 18.7 Å². The molecule has 2 heterocycles. The molecular formula is C14H26O2S. The van der Waals surface area contributed by atoms with Crippen molar-refractivity contribution in [3.05, 3.63) is 0 Å². The molecule has 2 nitrogen and oxygen atoms in total. The molecule has 0 aromatic heterocycles. The van der Waals surface area contributed by atoms with Crippen LogP contribution in [0.5, 0.6) is 0 Å². The Balaban J connectivity index is 1.91. The van der Waals surface area contributed by atoms with Gasteiger partial charge in [-0.15, -0.1) is 0 Å². The minimum atomic E-state index is -0.161. The minimum Gasteiger partial charge on any atom is -0.393 e. The van der Waals surface area contributed by atoms with Gasteiger partial charge in [-0.1, -0.05) is 6.92 Å². The van der Waals surface area contributed by atoms with Crippen molar-refractivity contribution in [3.8, 4) is 0 Å². The number of aliphatic hydroxyl groups excluding tert-OH is 1.